The lowest BCUT2D eigenvalue weighted by atomic mass is 9.89. The number of carbonyl (C=O) groups is 2. The molecule has 8 nitrogen and oxygen atoms in total. The summed E-state index contributed by atoms with van der Waals surface area (Å²) in [5.41, 5.74) is 1.37. The summed E-state index contributed by atoms with van der Waals surface area (Å²) in [6.45, 7) is 4.95. The van der Waals surface area contributed by atoms with Crippen molar-refractivity contribution in [3.63, 3.8) is 0 Å². The standard InChI is InChI=1S/C23H30N4O4S/c1-17(2)22(28)14-18-9-12-27(13-10-18)32(30,31)21-7-5-20(6-8-21)26-23(29)25-16-19-4-3-11-24-15-19/h3-8,11,15,17-18H,9-10,12-14,16H2,1-2H3,(H2,25,26,29). The van der Waals surface area contributed by atoms with Gasteiger partial charge in [-0.1, -0.05) is 19.9 Å². The Labute approximate surface area is 189 Å². The van der Waals surface area contributed by atoms with Gasteiger partial charge >= 0.3 is 6.03 Å². The number of carbonyl (C=O) groups excluding carboxylic acids is 2. The van der Waals surface area contributed by atoms with E-state index in [4.69, 9.17) is 0 Å². The van der Waals surface area contributed by atoms with E-state index < -0.39 is 10.0 Å². The summed E-state index contributed by atoms with van der Waals surface area (Å²) in [4.78, 5) is 28.2. The van der Waals surface area contributed by atoms with Crippen molar-refractivity contribution in [1.82, 2.24) is 14.6 Å². The third-order valence-corrected chi connectivity index (χ3v) is 7.55. The molecule has 0 radical (unpaired) electrons. The number of benzene rings is 1. The second-order valence-corrected chi connectivity index (χ2v) is 10.3. The van der Waals surface area contributed by atoms with E-state index in [-0.39, 0.29) is 28.5 Å². The molecule has 2 amide bonds. The smallest absolute Gasteiger partial charge is 0.319 e. The van der Waals surface area contributed by atoms with Gasteiger partial charge in [0.25, 0.3) is 0 Å². The third kappa shape index (κ3) is 6.37. The maximum Gasteiger partial charge on any atom is 0.319 e. The van der Waals surface area contributed by atoms with E-state index in [0.29, 0.717) is 44.6 Å². The Morgan fingerprint density at radius 1 is 1.12 bits per heavy atom. The highest BCUT2D eigenvalue weighted by Gasteiger charge is 2.30. The number of hydrogen-bond donors (Lipinski definition) is 2. The molecule has 2 heterocycles. The van der Waals surface area contributed by atoms with Crippen LogP contribution < -0.4 is 10.6 Å². The summed E-state index contributed by atoms with van der Waals surface area (Å²) in [6, 6.07) is 9.41. The number of piperidine rings is 1. The highest BCUT2D eigenvalue weighted by molar-refractivity contribution is 7.89. The molecule has 0 saturated carbocycles. The number of amides is 2. The van der Waals surface area contributed by atoms with E-state index in [1.54, 1.807) is 30.6 Å². The number of nitrogens with zero attached hydrogens (tertiary/aromatic N) is 2. The average molecular weight is 459 g/mol. The van der Waals surface area contributed by atoms with Gasteiger partial charge < -0.3 is 10.6 Å². The van der Waals surface area contributed by atoms with E-state index in [1.165, 1.54) is 16.4 Å². The molecule has 2 N–H and O–H groups in total. The van der Waals surface area contributed by atoms with E-state index in [2.05, 4.69) is 15.6 Å². The number of sulfonamides is 1. The fraction of sp³-hybridized carbons (Fsp3) is 0.435. The van der Waals surface area contributed by atoms with Crippen LogP contribution in [0.2, 0.25) is 0 Å². The number of nitrogens with one attached hydrogen (secondary N) is 2. The van der Waals surface area contributed by atoms with Crippen molar-refractivity contribution >= 4 is 27.5 Å². The largest absolute Gasteiger partial charge is 0.334 e. The molecule has 32 heavy (non-hydrogen) atoms. The van der Waals surface area contributed by atoms with Crippen molar-refractivity contribution in [2.24, 2.45) is 11.8 Å². The Morgan fingerprint density at radius 3 is 2.41 bits per heavy atom. The summed E-state index contributed by atoms with van der Waals surface area (Å²) in [6.07, 6.45) is 5.23. The zero-order valence-electron chi connectivity index (χ0n) is 18.5. The minimum Gasteiger partial charge on any atom is -0.334 e. The summed E-state index contributed by atoms with van der Waals surface area (Å²) in [5.74, 6) is 0.494. The lowest BCUT2D eigenvalue weighted by Crippen LogP contribution is -2.39. The van der Waals surface area contributed by atoms with Gasteiger partial charge in [0.1, 0.15) is 5.78 Å². The Hall–Kier alpha value is -2.78. The van der Waals surface area contributed by atoms with Gasteiger partial charge in [-0.3, -0.25) is 9.78 Å². The van der Waals surface area contributed by atoms with E-state index in [1.807, 2.05) is 19.9 Å². The minimum absolute atomic E-state index is 0.0151. The van der Waals surface area contributed by atoms with E-state index >= 15 is 0 Å². The molecule has 0 aliphatic carbocycles. The van der Waals surface area contributed by atoms with Gasteiger partial charge in [-0.15, -0.1) is 0 Å². The molecule has 1 fully saturated rings. The second-order valence-electron chi connectivity index (χ2n) is 8.37. The van der Waals surface area contributed by atoms with Crippen molar-refractivity contribution in [2.75, 3.05) is 18.4 Å². The molecular weight excluding hydrogens is 428 g/mol. The maximum absolute atomic E-state index is 13.0. The first-order valence-corrected chi connectivity index (χ1v) is 12.3. The summed E-state index contributed by atoms with van der Waals surface area (Å²) in [5, 5.41) is 5.42. The van der Waals surface area contributed by atoms with Gasteiger partial charge in [-0.05, 0) is 54.7 Å². The van der Waals surface area contributed by atoms with Gasteiger partial charge in [-0.25, -0.2) is 13.2 Å². The molecule has 1 aliphatic rings. The summed E-state index contributed by atoms with van der Waals surface area (Å²) < 4.78 is 27.4. The molecule has 9 heteroatoms. The fourth-order valence-electron chi connectivity index (χ4n) is 3.59. The van der Waals surface area contributed by atoms with Crippen LogP contribution in [0.4, 0.5) is 10.5 Å². The highest BCUT2D eigenvalue weighted by Crippen LogP contribution is 2.27. The van der Waals surface area contributed by atoms with Crippen LogP contribution in [0.25, 0.3) is 0 Å². The lowest BCUT2D eigenvalue weighted by Gasteiger charge is -2.31. The molecular formula is C23H30N4O4S. The van der Waals surface area contributed by atoms with Crippen LogP contribution in [0.15, 0.2) is 53.7 Å². The number of Topliss-reactive ketones (excluding diaryl/α,β-unsaturated/α-hetero) is 1. The van der Waals surface area contributed by atoms with Crippen LogP contribution in [0.1, 0.15) is 38.7 Å². The number of anilines is 1. The molecule has 0 unspecified atom stereocenters. The number of rotatable bonds is 8. The Balaban J connectivity index is 1.52. The highest BCUT2D eigenvalue weighted by atomic mass is 32.2. The zero-order valence-corrected chi connectivity index (χ0v) is 19.3. The number of pyridine rings is 1. The second kappa shape index (κ2) is 10.7. The first-order chi connectivity index (χ1) is 15.3. The normalized spacial score (nSPS) is 15.5. The van der Waals surface area contributed by atoms with Crippen LogP contribution in [-0.2, 0) is 21.4 Å². The fourth-order valence-corrected chi connectivity index (χ4v) is 5.06. The number of hydrogen-bond acceptors (Lipinski definition) is 5. The predicted octanol–water partition coefficient (Wildman–Crippen LogP) is 3.42. The topological polar surface area (TPSA) is 108 Å². The van der Waals surface area contributed by atoms with Crippen molar-refractivity contribution in [2.45, 2.75) is 44.6 Å². The Bertz CT molecular complexity index is 1020. The molecule has 172 valence electrons. The number of ketones is 1. The first-order valence-electron chi connectivity index (χ1n) is 10.8. The van der Waals surface area contributed by atoms with Crippen LogP contribution in [0.3, 0.4) is 0 Å². The number of aromatic nitrogens is 1. The van der Waals surface area contributed by atoms with Crippen molar-refractivity contribution in [3.8, 4) is 0 Å². The minimum atomic E-state index is -3.61. The summed E-state index contributed by atoms with van der Waals surface area (Å²) >= 11 is 0. The molecule has 1 aromatic carbocycles. The van der Waals surface area contributed by atoms with Gasteiger partial charge in [0.05, 0.1) is 4.90 Å². The molecule has 0 atom stereocenters. The SMILES string of the molecule is CC(C)C(=O)CC1CCN(S(=O)(=O)c2ccc(NC(=O)NCc3cccnc3)cc2)CC1. The van der Waals surface area contributed by atoms with Gasteiger partial charge in [-0.2, -0.15) is 4.31 Å². The van der Waals surface area contributed by atoms with Gasteiger partial charge in [0.15, 0.2) is 0 Å². The lowest BCUT2D eigenvalue weighted by molar-refractivity contribution is -0.123. The molecule has 3 rings (SSSR count). The monoisotopic (exact) mass is 458 g/mol. The molecule has 0 spiro atoms. The van der Waals surface area contributed by atoms with E-state index in [9.17, 15) is 18.0 Å². The van der Waals surface area contributed by atoms with Crippen LogP contribution >= 0.6 is 0 Å². The van der Waals surface area contributed by atoms with Crippen LogP contribution in [0.5, 0.6) is 0 Å². The molecule has 1 aliphatic heterocycles. The van der Waals surface area contributed by atoms with Crippen LogP contribution in [-0.4, -0.2) is 42.6 Å². The average Bonchev–Trinajstić information content (AvgIpc) is 2.79. The first kappa shape index (κ1) is 23.9. The Kier molecular flexibility index (Phi) is 7.98. The van der Waals surface area contributed by atoms with Crippen LogP contribution in [0, 0.1) is 11.8 Å². The van der Waals surface area contributed by atoms with E-state index in [0.717, 1.165) is 5.56 Å². The Morgan fingerprint density at radius 2 is 1.81 bits per heavy atom. The maximum atomic E-state index is 13.0. The van der Waals surface area contributed by atoms with Gasteiger partial charge in [0.2, 0.25) is 10.0 Å². The molecule has 2 aromatic rings. The third-order valence-electron chi connectivity index (χ3n) is 5.63. The molecule has 0 bridgehead atoms. The number of urea groups is 1. The zero-order chi connectivity index (χ0) is 23.1. The molecule has 1 saturated heterocycles. The quantitative estimate of drug-likeness (QED) is 0.630. The van der Waals surface area contributed by atoms with Crippen molar-refractivity contribution in [3.05, 3.63) is 54.4 Å². The van der Waals surface area contributed by atoms with Gasteiger partial charge in [0, 0.05) is 50.1 Å². The molecule has 1 aromatic heterocycles. The van der Waals surface area contributed by atoms with Crippen molar-refractivity contribution < 1.29 is 18.0 Å². The van der Waals surface area contributed by atoms with Crippen molar-refractivity contribution in [1.29, 1.82) is 0 Å². The predicted molar refractivity (Wildman–Crippen MR) is 122 cm³/mol. The summed E-state index contributed by atoms with van der Waals surface area (Å²) in [7, 11) is -3.61.